The molecule has 1 fully saturated rings. The third-order valence-corrected chi connectivity index (χ3v) is 5.78. The zero-order chi connectivity index (χ0) is 20.1. The zero-order valence-corrected chi connectivity index (χ0v) is 17.4. The van der Waals surface area contributed by atoms with Crippen molar-refractivity contribution in [1.29, 1.82) is 0 Å². The van der Waals surface area contributed by atoms with E-state index in [1.165, 1.54) is 19.2 Å². The van der Waals surface area contributed by atoms with Gasteiger partial charge in [-0.05, 0) is 62.9 Å². The Morgan fingerprint density at radius 3 is 2.71 bits per heavy atom. The third-order valence-electron chi connectivity index (χ3n) is 4.72. The minimum absolute atomic E-state index is 0.280. The maximum Gasteiger partial charge on any atom is 0.274 e. The van der Waals surface area contributed by atoms with Gasteiger partial charge in [0.25, 0.3) is 5.91 Å². The summed E-state index contributed by atoms with van der Waals surface area (Å²) < 4.78 is 14.5. The van der Waals surface area contributed by atoms with Crippen LogP contribution in [0.5, 0.6) is 0 Å². The van der Waals surface area contributed by atoms with Gasteiger partial charge in [0.05, 0.1) is 4.90 Å². The molecule has 1 aromatic heterocycles. The van der Waals surface area contributed by atoms with Gasteiger partial charge in [-0.3, -0.25) is 4.79 Å². The van der Waals surface area contributed by atoms with Crippen molar-refractivity contribution < 1.29 is 9.00 Å². The summed E-state index contributed by atoms with van der Waals surface area (Å²) in [5, 5.41) is 2.89. The van der Waals surface area contributed by atoms with Crippen LogP contribution >= 0.6 is 0 Å². The van der Waals surface area contributed by atoms with Crippen molar-refractivity contribution in [2.24, 2.45) is 5.92 Å². The molecule has 1 unspecified atom stereocenters. The number of rotatable bonds is 9. The van der Waals surface area contributed by atoms with Gasteiger partial charge in [0.2, 0.25) is 0 Å². The smallest absolute Gasteiger partial charge is 0.274 e. The minimum Gasteiger partial charge on any atom is -0.356 e. The van der Waals surface area contributed by atoms with Gasteiger partial charge in [-0.25, -0.2) is 18.9 Å². The Hall–Kier alpha value is -2.32. The SMILES string of the molecule is CCCN(CC1CC1)c1cc(C(=O)Nc2ccc(S(=O)NC)cc2C)ncn1. The molecule has 7 nitrogen and oxygen atoms in total. The molecule has 1 aliphatic rings. The molecule has 1 aromatic carbocycles. The summed E-state index contributed by atoms with van der Waals surface area (Å²) in [5.41, 5.74) is 1.85. The van der Waals surface area contributed by atoms with Crippen LogP contribution in [0.1, 0.15) is 42.2 Å². The maximum absolute atomic E-state index is 12.7. The van der Waals surface area contributed by atoms with Gasteiger partial charge < -0.3 is 10.2 Å². The number of hydrogen-bond donors (Lipinski definition) is 2. The summed E-state index contributed by atoms with van der Waals surface area (Å²) in [7, 11) is 0.381. The molecule has 1 aliphatic carbocycles. The molecule has 1 saturated carbocycles. The first-order valence-electron chi connectivity index (χ1n) is 9.60. The molecule has 0 spiro atoms. The van der Waals surface area contributed by atoms with Gasteiger partial charge in [0.15, 0.2) is 0 Å². The molecular weight excluding hydrogens is 374 g/mol. The molecule has 2 N–H and O–H groups in total. The van der Waals surface area contributed by atoms with Gasteiger partial charge in [0.1, 0.15) is 28.8 Å². The lowest BCUT2D eigenvalue weighted by atomic mass is 10.2. The molecule has 150 valence electrons. The van der Waals surface area contributed by atoms with Crippen LogP contribution in [0.4, 0.5) is 11.5 Å². The highest BCUT2D eigenvalue weighted by atomic mass is 32.2. The van der Waals surface area contributed by atoms with E-state index in [1.54, 1.807) is 31.3 Å². The Morgan fingerprint density at radius 1 is 1.29 bits per heavy atom. The van der Waals surface area contributed by atoms with E-state index in [2.05, 4.69) is 31.8 Å². The van der Waals surface area contributed by atoms with Crippen LogP contribution in [0.25, 0.3) is 0 Å². The number of aryl methyl sites for hydroxylation is 1. The molecule has 0 radical (unpaired) electrons. The van der Waals surface area contributed by atoms with Crippen molar-refractivity contribution >= 4 is 28.4 Å². The van der Waals surface area contributed by atoms with Gasteiger partial charge in [-0.1, -0.05) is 6.92 Å². The Balaban J connectivity index is 1.74. The van der Waals surface area contributed by atoms with Crippen molar-refractivity contribution in [2.45, 2.75) is 38.0 Å². The second-order valence-corrected chi connectivity index (χ2v) is 8.47. The molecule has 2 aromatic rings. The van der Waals surface area contributed by atoms with E-state index in [-0.39, 0.29) is 5.91 Å². The topological polar surface area (TPSA) is 87.2 Å². The average Bonchev–Trinajstić information content (AvgIpc) is 3.52. The van der Waals surface area contributed by atoms with Gasteiger partial charge in [0, 0.05) is 24.8 Å². The van der Waals surface area contributed by atoms with E-state index in [1.807, 2.05) is 6.92 Å². The lowest BCUT2D eigenvalue weighted by molar-refractivity contribution is 0.102. The standard InChI is InChI=1S/C20H27N5O2S/c1-4-9-25(12-15-5-6-15)19-11-18(22-13-23-19)20(26)24-17-8-7-16(10-14(17)2)28(27)21-3/h7-8,10-11,13,15,21H,4-6,9,12H2,1-3H3,(H,24,26). The fourth-order valence-electron chi connectivity index (χ4n) is 3.02. The highest BCUT2D eigenvalue weighted by molar-refractivity contribution is 7.83. The summed E-state index contributed by atoms with van der Waals surface area (Å²) >= 11 is 0. The van der Waals surface area contributed by atoms with E-state index >= 15 is 0 Å². The number of carbonyl (C=O) groups is 1. The average molecular weight is 402 g/mol. The number of anilines is 2. The quantitative estimate of drug-likeness (QED) is 0.675. The highest BCUT2D eigenvalue weighted by Gasteiger charge is 2.25. The van der Waals surface area contributed by atoms with Crippen molar-refractivity contribution in [3.05, 3.63) is 41.9 Å². The lowest BCUT2D eigenvalue weighted by Crippen LogP contribution is -2.28. The predicted octanol–water partition coefficient (Wildman–Crippen LogP) is 2.91. The third kappa shape index (κ3) is 5.14. The van der Waals surface area contributed by atoms with E-state index < -0.39 is 11.0 Å². The molecule has 1 amide bonds. The molecule has 28 heavy (non-hydrogen) atoms. The summed E-state index contributed by atoms with van der Waals surface area (Å²) in [6, 6.07) is 7.05. The van der Waals surface area contributed by atoms with Crippen LogP contribution in [-0.4, -0.2) is 40.2 Å². The van der Waals surface area contributed by atoms with E-state index in [9.17, 15) is 9.00 Å². The largest absolute Gasteiger partial charge is 0.356 e. The first-order chi connectivity index (χ1) is 13.5. The highest BCUT2D eigenvalue weighted by Crippen LogP contribution is 2.31. The Bertz CT molecular complexity index is 869. The predicted molar refractivity (Wildman–Crippen MR) is 112 cm³/mol. The van der Waals surface area contributed by atoms with Gasteiger partial charge in [-0.15, -0.1) is 0 Å². The number of carbonyl (C=O) groups excluding carboxylic acids is 1. The summed E-state index contributed by atoms with van der Waals surface area (Å²) in [5.74, 6) is 1.26. The second-order valence-electron chi connectivity index (χ2n) is 7.05. The van der Waals surface area contributed by atoms with Crippen LogP contribution in [0.15, 0.2) is 35.5 Å². The van der Waals surface area contributed by atoms with Crippen molar-refractivity contribution in [3.63, 3.8) is 0 Å². The van der Waals surface area contributed by atoms with Gasteiger partial charge in [-0.2, -0.15) is 0 Å². The number of hydrogen-bond acceptors (Lipinski definition) is 5. The van der Waals surface area contributed by atoms with Crippen molar-refractivity contribution in [1.82, 2.24) is 14.7 Å². The number of benzene rings is 1. The first kappa shape index (κ1) is 20.4. The molecule has 0 bridgehead atoms. The molecule has 8 heteroatoms. The van der Waals surface area contributed by atoms with Crippen LogP contribution in [-0.2, 0) is 11.0 Å². The Kier molecular flexibility index (Phi) is 6.74. The molecule has 1 atom stereocenters. The summed E-state index contributed by atoms with van der Waals surface area (Å²) in [4.78, 5) is 24.2. The second kappa shape index (κ2) is 9.25. The monoisotopic (exact) mass is 401 g/mol. The molecule has 0 saturated heterocycles. The van der Waals surface area contributed by atoms with Crippen molar-refractivity contribution in [3.8, 4) is 0 Å². The fraction of sp³-hybridized carbons (Fsp3) is 0.450. The summed E-state index contributed by atoms with van der Waals surface area (Å²) in [6.07, 6.45) is 5.02. The first-order valence-corrected chi connectivity index (χ1v) is 10.7. The van der Waals surface area contributed by atoms with Gasteiger partial charge >= 0.3 is 0 Å². The lowest BCUT2D eigenvalue weighted by Gasteiger charge is -2.23. The molecule has 0 aliphatic heterocycles. The number of nitrogens with zero attached hydrogens (tertiary/aromatic N) is 3. The van der Waals surface area contributed by atoms with E-state index in [0.717, 1.165) is 36.8 Å². The Morgan fingerprint density at radius 2 is 2.07 bits per heavy atom. The number of aromatic nitrogens is 2. The van der Waals surface area contributed by atoms with E-state index in [0.29, 0.717) is 16.3 Å². The normalized spacial score (nSPS) is 14.5. The van der Waals surface area contributed by atoms with Crippen LogP contribution in [0.2, 0.25) is 0 Å². The van der Waals surface area contributed by atoms with Crippen molar-refractivity contribution in [2.75, 3.05) is 30.4 Å². The minimum atomic E-state index is -1.26. The zero-order valence-electron chi connectivity index (χ0n) is 16.6. The maximum atomic E-state index is 12.7. The number of amides is 1. The van der Waals surface area contributed by atoms with Crippen LogP contribution < -0.4 is 14.9 Å². The molecule has 3 rings (SSSR count). The van der Waals surface area contributed by atoms with E-state index in [4.69, 9.17) is 0 Å². The molecule has 1 heterocycles. The van der Waals surface area contributed by atoms with Crippen LogP contribution in [0, 0.1) is 12.8 Å². The number of nitrogens with one attached hydrogen (secondary N) is 2. The molecular formula is C20H27N5O2S. The van der Waals surface area contributed by atoms with Crippen LogP contribution in [0.3, 0.4) is 0 Å². The fourth-order valence-corrected chi connectivity index (χ4v) is 3.73. The Labute approximate surface area is 168 Å². The summed E-state index contributed by atoms with van der Waals surface area (Å²) in [6.45, 7) is 5.91.